The van der Waals surface area contributed by atoms with Crippen LogP contribution >= 0.6 is 0 Å². The maximum Gasteiger partial charge on any atom is 0.509 e. The van der Waals surface area contributed by atoms with Crippen molar-refractivity contribution in [3.05, 3.63) is 23.3 Å². The highest BCUT2D eigenvalue weighted by Gasteiger charge is 2.16. The van der Waals surface area contributed by atoms with Gasteiger partial charge in [0.1, 0.15) is 12.2 Å². The fourth-order valence-electron chi connectivity index (χ4n) is 1.22. The molecule has 0 spiro atoms. The van der Waals surface area contributed by atoms with Crippen molar-refractivity contribution in [2.75, 3.05) is 6.61 Å². The number of carbonyl (C=O) groups is 1. The predicted octanol–water partition coefficient (Wildman–Crippen LogP) is 4.63. The van der Waals surface area contributed by atoms with Crippen molar-refractivity contribution in [1.82, 2.24) is 0 Å². The topological polar surface area (TPSA) is 35.5 Å². The van der Waals surface area contributed by atoms with E-state index < -0.39 is 11.8 Å². The Kier molecular flexibility index (Phi) is 7.41. The Labute approximate surface area is 111 Å². The van der Waals surface area contributed by atoms with E-state index in [0.717, 1.165) is 12.8 Å². The molecule has 0 bridgehead atoms. The van der Waals surface area contributed by atoms with E-state index in [1.165, 1.54) is 11.1 Å². The molecule has 3 nitrogen and oxygen atoms in total. The van der Waals surface area contributed by atoms with E-state index in [-0.39, 0.29) is 6.61 Å². The third kappa shape index (κ3) is 11.2. The molecule has 0 saturated carbocycles. The molecule has 0 N–H and O–H groups in total. The molecule has 0 radical (unpaired) electrons. The Morgan fingerprint density at radius 3 is 2.22 bits per heavy atom. The van der Waals surface area contributed by atoms with Gasteiger partial charge in [0, 0.05) is 0 Å². The van der Waals surface area contributed by atoms with Gasteiger partial charge in [0.15, 0.2) is 0 Å². The van der Waals surface area contributed by atoms with Crippen LogP contribution in [0, 0.1) is 0 Å². The van der Waals surface area contributed by atoms with Crippen molar-refractivity contribution in [3.8, 4) is 0 Å². The summed E-state index contributed by atoms with van der Waals surface area (Å²) in [7, 11) is 0. The highest BCUT2D eigenvalue weighted by Crippen LogP contribution is 2.09. The highest BCUT2D eigenvalue weighted by atomic mass is 16.7. The summed E-state index contributed by atoms with van der Waals surface area (Å²) in [4.78, 5) is 11.3. The summed E-state index contributed by atoms with van der Waals surface area (Å²) in [5.41, 5.74) is 2.04. The molecule has 0 heterocycles. The summed E-state index contributed by atoms with van der Waals surface area (Å²) < 4.78 is 10.00. The van der Waals surface area contributed by atoms with Gasteiger partial charge in [-0.15, -0.1) is 0 Å². The second-order valence-electron chi connectivity index (χ2n) is 5.65. The van der Waals surface area contributed by atoms with Crippen molar-refractivity contribution in [3.63, 3.8) is 0 Å². The molecule has 0 aromatic rings. The first-order valence-electron chi connectivity index (χ1n) is 6.35. The van der Waals surface area contributed by atoms with Crippen LogP contribution in [0.2, 0.25) is 0 Å². The van der Waals surface area contributed by atoms with E-state index in [1.54, 1.807) is 0 Å². The fourth-order valence-corrected chi connectivity index (χ4v) is 1.22. The van der Waals surface area contributed by atoms with E-state index in [9.17, 15) is 4.79 Å². The minimum Gasteiger partial charge on any atom is -0.430 e. The van der Waals surface area contributed by atoms with Gasteiger partial charge in [-0.3, -0.25) is 0 Å². The van der Waals surface area contributed by atoms with Gasteiger partial charge in [-0.25, -0.2) is 4.79 Å². The first kappa shape index (κ1) is 16.8. The first-order chi connectivity index (χ1) is 8.20. The molecule has 0 unspecified atom stereocenters. The molecule has 0 aliphatic rings. The van der Waals surface area contributed by atoms with Crippen LogP contribution in [-0.4, -0.2) is 18.4 Å². The fraction of sp³-hybridized carbons (Fsp3) is 0.667. The molecule has 3 heteroatoms. The Morgan fingerprint density at radius 2 is 1.72 bits per heavy atom. The summed E-state index contributed by atoms with van der Waals surface area (Å²) in [6.07, 6.45) is 5.52. The van der Waals surface area contributed by atoms with Gasteiger partial charge in [0.25, 0.3) is 0 Å². The average molecular weight is 254 g/mol. The van der Waals surface area contributed by atoms with Gasteiger partial charge in [-0.1, -0.05) is 17.2 Å². The van der Waals surface area contributed by atoms with Gasteiger partial charge in [-0.05, 0) is 60.5 Å². The molecule has 0 aromatic carbocycles. The average Bonchev–Trinajstić information content (AvgIpc) is 2.13. The minimum absolute atomic E-state index is 0.273. The van der Waals surface area contributed by atoms with Crippen LogP contribution in [0.4, 0.5) is 4.79 Å². The minimum atomic E-state index is -0.615. The third-order valence-corrected chi connectivity index (χ3v) is 2.11. The zero-order chi connectivity index (χ0) is 14.2. The largest absolute Gasteiger partial charge is 0.509 e. The van der Waals surface area contributed by atoms with E-state index in [0.29, 0.717) is 0 Å². The number of rotatable bonds is 5. The van der Waals surface area contributed by atoms with Crippen LogP contribution in [0.3, 0.4) is 0 Å². The molecule has 0 saturated heterocycles. The van der Waals surface area contributed by atoms with Gasteiger partial charge in [-0.2, -0.15) is 0 Å². The van der Waals surface area contributed by atoms with Crippen molar-refractivity contribution < 1.29 is 14.3 Å². The maximum atomic E-state index is 11.3. The van der Waals surface area contributed by atoms with Crippen molar-refractivity contribution in [1.29, 1.82) is 0 Å². The van der Waals surface area contributed by atoms with Crippen LogP contribution in [-0.2, 0) is 9.47 Å². The molecule has 0 fully saturated rings. The normalized spacial score (nSPS) is 12.0. The second-order valence-corrected chi connectivity index (χ2v) is 5.65. The molecule has 0 rings (SSSR count). The molecular weight excluding hydrogens is 228 g/mol. The zero-order valence-corrected chi connectivity index (χ0v) is 12.5. The Balaban J connectivity index is 3.87. The SMILES string of the molecule is CC(C)=CCCC(C)=CCOC(=O)OC(C)(C)C. The smallest absolute Gasteiger partial charge is 0.430 e. The lowest BCUT2D eigenvalue weighted by atomic mass is 10.1. The Morgan fingerprint density at radius 1 is 1.11 bits per heavy atom. The van der Waals surface area contributed by atoms with Gasteiger partial charge in [0.05, 0.1) is 0 Å². The summed E-state index contributed by atoms with van der Waals surface area (Å²) in [5.74, 6) is 0. The number of hydrogen-bond acceptors (Lipinski definition) is 3. The van der Waals surface area contributed by atoms with E-state index in [2.05, 4.69) is 19.9 Å². The zero-order valence-electron chi connectivity index (χ0n) is 12.5. The van der Waals surface area contributed by atoms with Crippen molar-refractivity contribution >= 4 is 6.16 Å². The summed E-state index contributed by atoms with van der Waals surface area (Å²) >= 11 is 0. The second kappa shape index (κ2) is 7.96. The maximum absolute atomic E-state index is 11.3. The molecule has 104 valence electrons. The molecule has 0 aliphatic carbocycles. The van der Waals surface area contributed by atoms with Crippen molar-refractivity contribution in [2.45, 2.75) is 60.0 Å². The number of allylic oxidation sites excluding steroid dienone is 3. The lowest BCUT2D eigenvalue weighted by Crippen LogP contribution is -2.24. The van der Waals surface area contributed by atoms with Gasteiger partial charge < -0.3 is 9.47 Å². The highest BCUT2D eigenvalue weighted by molar-refractivity contribution is 5.60. The number of hydrogen-bond donors (Lipinski definition) is 0. The van der Waals surface area contributed by atoms with Crippen LogP contribution < -0.4 is 0 Å². The van der Waals surface area contributed by atoms with Crippen LogP contribution in [0.15, 0.2) is 23.3 Å². The molecule has 0 amide bonds. The van der Waals surface area contributed by atoms with Crippen LogP contribution in [0.1, 0.15) is 54.4 Å². The Hall–Kier alpha value is -1.25. The number of carbonyl (C=O) groups excluding carboxylic acids is 1. The lowest BCUT2D eigenvalue weighted by molar-refractivity contribution is -0.00247. The molecule has 0 aromatic heterocycles. The molecule has 18 heavy (non-hydrogen) atoms. The molecule has 0 atom stereocenters. The Bertz CT molecular complexity index is 315. The van der Waals surface area contributed by atoms with Crippen molar-refractivity contribution in [2.24, 2.45) is 0 Å². The standard InChI is InChI=1S/C15H26O3/c1-12(2)8-7-9-13(3)10-11-17-14(16)18-15(4,5)6/h8,10H,7,9,11H2,1-6H3. The first-order valence-corrected chi connectivity index (χ1v) is 6.35. The predicted molar refractivity (Wildman–Crippen MR) is 74.6 cm³/mol. The van der Waals surface area contributed by atoms with Gasteiger partial charge in [0.2, 0.25) is 0 Å². The summed E-state index contributed by atoms with van der Waals surface area (Å²) in [5, 5.41) is 0. The van der Waals surface area contributed by atoms with Crippen LogP contribution in [0.5, 0.6) is 0 Å². The lowest BCUT2D eigenvalue weighted by Gasteiger charge is -2.18. The van der Waals surface area contributed by atoms with E-state index in [1.807, 2.05) is 33.8 Å². The quantitative estimate of drug-likeness (QED) is 0.530. The molecular formula is C15H26O3. The monoisotopic (exact) mass is 254 g/mol. The number of ether oxygens (including phenoxy) is 2. The van der Waals surface area contributed by atoms with E-state index in [4.69, 9.17) is 9.47 Å². The van der Waals surface area contributed by atoms with Gasteiger partial charge >= 0.3 is 6.16 Å². The molecule has 0 aliphatic heterocycles. The van der Waals surface area contributed by atoms with Crippen LogP contribution in [0.25, 0.3) is 0 Å². The third-order valence-electron chi connectivity index (χ3n) is 2.11. The summed E-state index contributed by atoms with van der Waals surface area (Å²) in [6.45, 7) is 11.9. The van der Waals surface area contributed by atoms with E-state index >= 15 is 0 Å². The summed E-state index contributed by atoms with van der Waals surface area (Å²) in [6, 6.07) is 0.